The summed E-state index contributed by atoms with van der Waals surface area (Å²) in [7, 11) is 1.41. The van der Waals surface area contributed by atoms with Crippen molar-refractivity contribution in [1.29, 1.82) is 0 Å². The monoisotopic (exact) mass is 191 g/mol. The van der Waals surface area contributed by atoms with Crippen molar-refractivity contribution >= 4 is 5.97 Å². The van der Waals surface area contributed by atoms with Crippen LogP contribution in [0, 0.1) is 5.92 Å². The van der Waals surface area contributed by atoms with E-state index in [1.54, 1.807) is 18.5 Å². The molecule has 74 valence electrons. The molecule has 0 N–H and O–H groups in total. The predicted molar refractivity (Wildman–Crippen MR) is 52.0 cm³/mol. The van der Waals surface area contributed by atoms with E-state index in [4.69, 9.17) is 4.74 Å². The van der Waals surface area contributed by atoms with E-state index in [9.17, 15) is 4.79 Å². The maximum absolute atomic E-state index is 11.4. The summed E-state index contributed by atoms with van der Waals surface area (Å²) in [5.41, 5.74) is 1.68. The Bertz CT molecular complexity index is 345. The molecule has 1 aromatic heterocycles. The van der Waals surface area contributed by atoms with Crippen LogP contribution in [0.5, 0.6) is 0 Å². The number of ether oxygens (including phenoxy) is 1. The van der Waals surface area contributed by atoms with Crippen LogP contribution < -0.4 is 0 Å². The molecule has 1 aromatic rings. The zero-order chi connectivity index (χ0) is 9.97. The molecular formula is C11H13NO2. The molecule has 1 heterocycles. The highest BCUT2D eigenvalue weighted by Crippen LogP contribution is 2.33. The van der Waals surface area contributed by atoms with Crippen molar-refractivity contribution in [2.24, 2.45) is 5.92 Å². The Morgan fingerprint density at radius 2 is 2.43 bits per heavy atom. The van der Waals surface area contributed by atoms with E-state index in [-0.39, 0.29) is 5.97 Å². The molecule has 0 radical (unpaired) electrons. The number of hydrogen-bond donors (Lipinski definition) is 0. The maximum atomic E-state index is 11.4. The van der Waals surface area contributed by atoms with Crippen molar-refractivity contribution in [1.82, 2.24) is 4.98 Å². The van der Waals surface area contributed by atoms with Crippen LogP contribution in [-0.2, 0) is 11.2 Å². The lowest BCUT2D eigenvalue weighted by Crippen LogP contribution is -2.06. The van der Waals surface area contributed by atoms with Gasteiger partial charge in [-0.3, -0.25) is 4.98 Å². The Kier molecular flexibility index (Phi) is 2.48. The number of carbonyl (C=O) groups is 1. The third-order valence-electron chi connectivity index (χ3n) is 2.51. The van der Waals surface area contributed by atoms with Gasteiger partial charge in [0, 0.05) is 12.4 Å². The fourth-order valence-electron chi connectivity index (χ4n) is 1.53. The minimum absolute atomic E-state index is 0.261. The normalized spacial score (nSPS) is 15.2. The number of rotatable bonds is 3. The van der Waals surface area contributed by atoms with Gasteiger partial charge >= 0.3 is 5.97 Å². The molecule has 0 atom stereocenters. The summed E-state index contributed by atoms with van der Waals surface area (Å²) in [6.07, 6.45) is 6.90. The lowest BCUT2D eigenvalue weighted by Gasteiger charge is -2.05. The van der Waals surface area contributed by atoms with Gasteiger partial charge in [-0.25, -0.2) is 4.79 Å². The largest absolute Gasteiger partial charge is 0.465 e. The molecule has 14 heavy (non-hydrogen) atoms. The molecule has 1 fully saturated rings. The average Bonchev–Trinajstić information content (AvgIpc) is 3.01. The fraction of sp³-hybridized carbons (Fsp3) is 0.455. The highest BCUT2D eigenvalue weighted by Gasteiger charge is 2.24. The second-order valence-electron chi connectivity index (χ2n) is 3.67. The molecule has 3 nitrogen and oxygen atoms in total. The van der Waals surface area contributed by atoms with E-state index in [0.717, 1.165) is 17.9 Å². The van der Waals surface area contributed by atoms with Crippen molar-refractivity contribution in [3.05, 3.63) is 29.6 Å². The molecule has 0 unspecified atom stereocenters. The molecular weight excluding hydrogens is 178 g/mol. The van der Waals surface area contributed by atoms with Crippen LogP contribution in [0.15, 0.2) is 18.5 Å². The minimum Gasteiger partial charge on any atom is -0.465 e. The van der Waals surface area contributed by atoms with Crippen molar-refractivity contribution in [3.8, 4) is 0 Å². The van der Waals surface area contributed by atoms with Gasteiger partial charge in [-0.15, -0.1) is 0 Å². The zero-order valence-corrected chi connectivity index (χ0v) is 8.19. The van der Waals surface area contributed by atoms with Crippen molar-refractivity contribution in [2.75, 3.05) is 7.11 Å². The maximum Gasteiger partial charge on any atom is 0.338 e. The number of pyridine rings is 1. The van der Waals surface area contributed by atoms with Gasteiger partial charge in [-0.1, -0.05) is 0 Å². The molecule has 2 rings (SSSR count). The molecule has 0 aromatic carbocycles. The Balaban J connectivity index is 2.22. The molecule has 0 saturated heterocycles. The number of esters is 1. The zero-order valence-electron chi connectivity index (χ0n) is 8.19. The quantitative estimate of drug-likeness (QED) is 0.684. The van der Waals surface area contributed by atoms with Crippen LogP contribution in [0.3, 0.4) is 0 Å². The molecule has 1 saturated carbocycles. The minimum atomic E-state index is -0.261. The van der Waals surface area contributed by atoms with Gasteiger partial charge in [0.05, 0.1) is 12.7 Å². The van der Waals surface area contributed by atoms with Crippen LogP contribution in [0.25, 0.3) is 0 Å². The third kappa shape index (κ3) is 1.92. The molecule has 0 spiro atoms. The average molecular weight is 191 g/mol. The second kappa shape index (κ2) is 3.78. The van der Waals surface area contributed by atoms with Gasteiger partial charge < -0.3 is 4.74 Å². The lowest BCUT2D eigenvalue weighted by atomic mass is 10.1. The van der Waals surface area contributed by atoms with E-state index in [1.165, 1.54) is 20.0 Å². The summed E-state index contributed by atoms with van der Waals surface area (Å²) in [4.78, 5) is 15.4. The van der Waals surface area contributed by atoms with Gasteiger partial charge in [0.25, 0.3) is 0 Å². The summed E-state index contributed by atoms with van der Waals surface area (Å²) in [5, 5.41) is 0. The van der Waals surface area contributed by atoms with E-state index in [2.05, 4.69) is 4.98 Å². The number of methoxy groups -OCH3 is 1. The SMILES string of the molecule is COC(=O)c1ccncc1CC1CC1. The first-order chi connectivity index (χ1) is 6.81. The van der Waals surface area contributed by atoms with Crippen LogP contribution in [0.2, 0.25) is 0 Å². The summed E-state index contributed by atoms with van der Waals surface area (Å²) in [5.74, 6) is 0.491. The summed E-state index contributed by atoms with van der Waals surface area (Å²) >= 11 is 0. The van der Waals surface area contributed by atoms with Crippen LogP contribution in [0.1, 0.15) is 28.8 Å². The molecule has 0 amide bonds. The second-order valence-corrected chi connectivity index (χ2v) is 3.67. The molecule has 1 aliphatic rings. The predicted octanol–water partition coefficient (Wildman–Crippen LogP) is 1.82. The molecule has 0 aliphatic heterocycles. The van der Waals surface area contributed by atoms with Gasteiger partial charge in [0.2, 0.25) is 0 Å². The van der Waals surface area contributed by atoms with Crippen molar-refractivity contribution in [3.63, 3.8) is 0 Å². The van der Waals surface area contributed by atoms with Gasteiger partial charge in [-0.2, -0.15) is 0 Å². The van der Waals surface area contributed by atoms with Gasteiger partial charge in [0.1, 0.15) is 0 Å². The lowest BCUT2D eigenvalue weighted by molar-refractivity contribution is 0.0599. The summed E-state index contributed by atoms with van der Waals surface area (Å²) in [6.45, 7) is 0. The molecule has 0 bridgehead atoms. The standard InChI is InChI=1S/C11H13NO2/c1-14-11(13)10-4-5-12-7-9(10)6-8-2-3-8/h4-5,7-8H,2-3,6H2,1H3. The van der Waals surface area contributed by atoms with E-state index in [1.807, 2.05) is 0 Å². The number of nitrogens with zero attached hydrogens (tertiary/aromatic N) is 1. The summed E-state index contributed by atoms with van der Waals surface area (Å²) in [6, 6.07) is 1.73. The van der Waals surface area contributed by atoms with Gasteiger partial charge in [-0.05, 0) is 36.8 Å². The first-order valence-electron chi connectivity index (χ1n) is 4.82. The highest BCUT2D eigenvalue weighted by atomic mass is 16.5. The van der Waals surface area contributed by atoms with Crippen molar-refractivity contribution < 1.29 is 9.53 Å². The number of carbonyl (C=O) groups excluding carboxylic acids is 1. The Morgan fingerprint density at radius 3 is 3.07 bits per heavy atom. The number of hydrogen-bond acceptors (Lipinski definition) is 3. The first-order valence-corrected chi connectivity index (χ1v) is 4.82. The smallest absolute Gasteiger partial charge is 0.338 e. The Hall–Kier alpha value is -1.38. The molecule has 1 aliphatic carbocycles. The fourth-order valence-corrected chi connectivity index (χ4v) is 1.53. The van der Waals surface area contributed by atoms with Crippen LogP contribution in [-0.4, -0.2) is 18.1 Å². The number of aromatic nitrogens is 1. The summed E-state index contributed by atoms with van der Waals surface area (Å²) < 4.78 is 4.71. The Labute approximate surface area is 83.1 Å². The Morgan fingerprint density at radius 1 is 1.64 bits per heavy atom. The van der Waals surface area contributed by atoms with E-state index in [0.29, 0.717) is 5.56 Å². The molecule has 3 heteroatoms. The topological polar surface area (TPSA) is 39.2 Å². The van der Waals surface area contributed by atoms with E-state index < -0.39 is 0 Å². The third-order valence-corrected chi connectivity index (χ3v) is 2.51. The highest BCUT2D eigenvalue weighted by molar-refractivity contribution is 5.90. The van der Waals surface area contributed by atoms with Crippen LogP contribution in [0.4, 0.5) is 0 Å². The van der Waals surface area contributed by atoms with E-state index >= 15 is 0 Å². The van der Waals surface area contributed by atoms with Crippen LogP contribution >= 0.6 is 0 Å². The van der Waals surface area contributed by atoms with Gasteiger partial charge in [0.15, 0.2) is 0 Å². The van der Waals surface area contributed by atoms with Crippen molar-refractivity contribution in [2.45, 2.75) is 19.3 Å². The first kappa shape index (κ1) is 9.19.